The molecule has 2 N–H and O–H groups in total. The fraction of sp³-hybridized carbons (Fsp3) is 0.348. The van der Waals surface area contributed by atoms with E-state index in [-0.39, 0.29) is 26.6 Å². The summed E-state index contributed by atoms with van der Waals surface area (Å²) >= 11 is 0. The Morgan fingerprint density at radius 1 is 1.25 bits per heavy atom. The number of phenols is 1. The summed E-state index contributed by atoms with van der Waals surface area (Å²) < 4.78 is 24.7. The number of carbonyl (C=O) groups is 1. The molecular weight excluding hydrogens is 415 g/mol. The van der Waals surface area contributed by atoms with Gasteiger partial charge in [0.25, 0.3) is 0 Å². The molecule has 0 spiro atoms. The number of hydrogen-bond acceptors (Lipinski definition) is 7. The number of ether oxygens (including phenoxy) is 2. The zero-order chi connectivity index (χ0) is 22.1. The molecule has 2 atom stereocenters. The molecule has 32 heavy (non-hydrogen) atoms. The molecule has 1 aromatic heterocycles. The van der Waals surface area contributed by atoms with Crippen molar-refractivity contribution >= 4 is 22.8 Å². The minimum atomic E-state index is -0.458. The Balaban J connectivity index is 0.00000162. The normalized spacial score (nSPS) is 20.6. The van der Waals surface area contributed by atoms with Crippen LogP contribution in [0, 0.1) is 5.82 Å². The van der Waals surface area contributed by atoms with Crippen molar-refractivity contribution in [2.75, 3.05) is 31.2 Å². The van der Waals surface area contributed by atoms with Crippen LogP contribution in [0.3, 0.4) is 0 Å². The number of amides is 1. The molecule has 0 bridgehead atoms. The van der Waals surface area contributed by atoms with E-state index >= 15 is 0 Å². The number of hydrogen-bond donors (Lipinski definition) is 2. The number of halogens is 1. The number of nitrogens with zero attached hydrogens (tertiary/aromatic N) is 3. The molecule has 170 valence electrons. The Morgan fingerprint density at radius 2 is 2.12 bits per heavy atom. The van der Waals surface area contributed by atoms with Crippen LogP contribution >= 0.6 is 0 Å². The predicted octanol–water partition coefficient (Wildman–Crippen LogP) is 3.73. The quantitative estimate of drug-likeness (QED) is 0.636. The highest BCUT2D eigenvalue weighted by atomic mass is 19.1. The number of anilines is 1. The van der Waals surface area contributed by atoms with Crippen LogP contribution in [0.25, 0.3) is 22.3 Å². The second kappa shape index (κ2) is 8.58. The first-order valence-corrected chi connectivity index (χ1v) is 10.6. The summed E-state index contributed by atoms with van der Waals surface area (Å²) in [4.78, 5) is 23.4. The second-order valence-corrected chi connectivity index (χ2v) is 8.02. The fourth-order valence-corrected chi connectivity index (χ4v) is 4.14. The molecule has 5 rings (SSSR count). The van der Waals surface area contributed by atoms with Gasteiger partial charge in [-0.25, -0.2) is 19.2 Å². The number of carbonyl (C=O) groups excluding carboxylic acids is 1. The van der Waals surface area contributed by atoms with Crippen molar-refractivity contribution in [3.63, 3.8) is 0 Å². The van der Waals surface area contributed by atoms with E-state index in [1.54, 1.807) is 30.3 Å². The molecule has 3 aromatic rings. The van der Waals surface area contributed by atoms with Gasteiger partial charge >= 0.3 is 6.09 Å². The van der Waals surface area contributed by atoms with E-state index in [4.69, 9.17) is 9.47 Å². The van der Waals surface area contributed by atoms with Crippen LogP contribution in [0.15, 0.2) is 42.5 Å². The van der Waals surface area contributed by atoms with Crippen LogP contribution in [0.2, 0.25) is 0 Å². The van der Waals surface area contributed by atoms with Crippen LogP contribution in [0.1, 0.15) is 15.7 Å². The predicted molar refractivity (Wildman–Crippen MR) is 120 cm³/mol. The van der Waals surface area contributed by atoms with Crippen molar-refractivity contribution in [1.82, 2.24) is 15.3 Å². The third kappa shape index (κ3) is 4.16. The molecule has 8 nitrogen and oxygen atoms in total. The van der Waals surface area contributed by atoms with Crippen molar-refractivity contribution in [2.45, 2.75) is 25.0 Å². The lowest BCUT2D eigenvalue weighted by atomic mass is 10.1. The highest BCUT2D eigenvalue weighted by Crippen LogP contribution is 2.33. The SMILES string of the molecule is O=C(N[C@H]1CCN(c2nc(-c3ccccc3O)nc3ccc(F)cc23)C1)O[C@@H]1CCOC1.[HH].[HH]. The van der Waals surface area contributed by atoms with Gasteiger partial charge in [0, 0.05) is 27.7 Å². The van der Waals surface area contributed by atoms with Crippen molar-refractivity contribution < 1.29 is 26.6 Å². The van der Waals surface area contributed by atoms with E-state index in [2.05, 4.69) is 15.3 Å². The van der Waals surface area contributed by atoms with E-state index in [0.29, 0.717) is 67.3 Å². The third-order valence-electron chi connectivity index (χ3n) is 5.75. The molecule has 3 heterocycles. The summed E-state index contributed by atoms with van der Waals surface area (Å²) in [5.74, 6) is 0.609. The maximum absolute atomic E-state index is 14.0. The summed E-state index contributed by atoms with van der Waals surface area (Å²) in [6, 6.07) is 11.1. The van der Waals surface area contributed by atoms with Gasteiger partial charge in [-0.2, -0.15) is 0 Å². The number of para-hydroxylation sites is 1. The molecule has 2 aliphatic rings. The Kier molecular flexibility index (Phi) is 5.48. The summed E-state index contributed by atoms with van der Waals surface area (Å²) in [5.41, 5.74) is 1.07. The van der Waals surface area contributed by atoms with Gasteiger partial charge in [-0.15, -0.1) is 0 Å². The van der Waals surface area contributed by atoms with Crippen molar-refractivity contribution in [1.29, 1.82) is 0 Å². The van der Waals surface area contributed by atoms with Crippen LogP contribution < -0.4 is 10.2 Å². The number of aromatic hydroxyl groups is 1. The van der Waals surface area contributed by atoms with Gasteiger partial charge in [0.05, 0.1) is 30.3 Å². The fourth-order valence-electron chi connectivity index (χ4n) is 4.14. The van der Waals surface area contributed by atoms with E-state index in [9.17, 15) is 14.3 Å². The standard InChI is InChI=1S/C23H23FN4O4.2H2/c24-14-5-6-19-18(11-14)22(27-21(26-19)17-3-1-2-4-20(17)29)28-9-7-15(12-28)25-23(30)32-16-8-10-31-13-16;;/h1-6,11,15-16,29H,7-10,12-13H2,(H,25,30);2*1H/t15-,16+;;/m0../s1. The smallest absolute Gasteiger partial charge is 0.407 e. The Hall–Kier alpha value is -3.46. The lowest BCUT2D eigenvalue weighted by molar-refractivity contribution is 0.0813. The summed E-state index contributed by atoms with van der Waals surface area (Å²) in [5, 5.41) is 13.8. The number of alkyl carbamates (subject to hydrolysis) is 1. The van der Waals surface area contributed by atoms with Gasteiger partial charge in [-0.3, -0.25) is 0 Å². The molecule has 0 saturated carbocycles. The first-order valence-electron chi connectivity index (χ1n) is 10.6. The van der Waals surface area contributed by atoms with E-state index in [1.807, 2.05) is 4.90 Å². The molecule has 2 saturated heterocycles. The van der Waals surface area contributed by atoms with Gasteiger partial charge in [0.1, 0.15) is 23.5 Å². The maximum atomic E-state index is 14.0. The molecule has 0 aliphatic carbocycles. The van der Waals surface area contributed by atoms with E-state index in [0.717, 1.165) is 0 Å². The highest BCUT2D eigenvalue weighted by molar-refractivity contribution is 5.91. The van der Waals surface area contributed by atoms with E-state index in [1.165, 1.54) is 12.1 Å². The number of fused-ring (bicyclic) bond motifs is 1. The van der Waals surface area contributed by atoms with Gasteiger partial charge in [-0.05, 0) is 36.8 Å². The summed E-state index contributed by atoms with van der Waals surface area (Å²) in [6.45, 7) is 2.16. The van der Waals surface area contributed by atoms with Crippen molar-refractivity contribution in [2.24, 2.45) is 0 Å². The summed E-state index contributed by atoms with van der Waals surface area (Å²) in [6.07, 6.45) is 0.740. The number of benzene rings is 2. The minimum Gasteiger partial charge on any atom is -0.507 e. The average molecular weight is 442 g/mol. The van der Waals surface area contributed by atoms with Crippen LogP contribution in [-0.4, -0.2) is 59.6 Å². The number of rotatable bonds is 4. The Morgan fingerprint density at radius 3 is 2.94 bits per heavy atom. The van der Waals surface area contributed by atoms with Crippen LogP contribution in [0.4, 0.5) is 15.0 Å². The third-order valence-corrected chi connectivity index (χ3v) is 5.75. The summed E-state index contributed by atoms with van der Waals surface area (Å²) in [7, 11) is 0. The maximum Gasteiger partial charge on any atom is 0.407 e. The highest BCUT2D eigenvalue weighted by Gasteiger charge is 2.29. The van der Waals surface area contributed by atoms with E-state index < -0.39 is 6.09 Å². The lowest BCUT2D eigenvalue weighted by Crippen LogP contribution is -2.39. The molecule has 9 heteroatoms. The average Bonchev–Trinajstić information content (AvgIpc) is 3.45. The zero-order valence-corrected chi connectivity index (χ0v) is 17.3. The van der Waals surface area contributed by atoms with Crippen molar-refractivity contribution in [3.05, 3.63) is 48.3 Å². The molecule has 0 unspecified atom stereocenters. The molecule has 2 aromatic carbocycles. The number of aromatic nitrogens is 2. The zero-order valence-electron chi connectivity index (χ0n) is 17.3. The lowest BCUT2D eigenvalue weighted by Gasteiger charge is -2.21. The van der Waals surface area contributed by atoms with Gasteiger partial charge in [0.15, 0.2) is 5.82 Å². The second-order valence-electron chi connectivity index (χ2n) is 8.02. The van der Waals surface area contributed by atoms with Gasteiger partial charge in [0.2, 0.25) is 0 Å². The van der Waals surface area contributed by atoms with Gasteiger partial charge < -0.3 is 24.8 Å². The van der Waals surface area contributed by atoms with Gasteiger partial charge in [-0.1, -0.05) is 12.1 Å². The minimum absolute atomic E-state index is 0. The molecule has 2 aliphatic heterocycles. The van der Waals surface area contributed by atoms with Crippen LogP contribution in [-0.2, 0) is 9.47 Å². The van der Waals surface area contributed by atoms with Crippen LogP contribution in [0.5, 0.6) is 5.75 Å². The Bertz CT molecular complexity index is 1160. The molecule has 1 amide bonds. The monoisotopic (exact) mass is 442 g/mol. The number of nitrogens with one attached hydrogen (secondary N) is 1. The molecule has 0 radical (unpaired) electrons. The molecule has 2 fully saturated rings. The first-order chi connectivity index (χ1) is 15.6. The Labute approximate surface area is 187 Å². The topological polar surface area (TPSA) is 96.8 Å². The number of phenolic OH excluding ortho intramolecular Hbond substituents is 1. The molecular formula is C23H27FN4O4. The first kappa shape index (κ1) is 20.4. The largest absolute Gasteiger partial charge is 0.507 e. The van der Waals surface area contributed by atoms with Crippen molar-refractivity contribution in [3.8, 4) is 17.1 Å².